The van der Waals surface area contributed by atoms with Crippen LogP contribution in [0.5, 0.6) is 5.75 Å². The van der Waals surface area contributed by atoms with Gasteiger partial charge < -0.3 is 14.8 Å². The normalized spacial score (nSPS) is 10.3. The second kappa shape index (κ2) is 6.83. The first-order chi connectivity index (χ1) is 8.52. The molecular formula is C13H18FNO3. The largest absolute Gasteiger partial charge is 0.491 e. The molecule has 0 aliphatic heterocycles. The summed E-state index contributed by atoms with van der Waals surface area (Å²) < 4.78 is 23.5. The van der Waals surface area contributed by atoms with Crippen molar-refractivity contribution in [3.05, 3.63) is 24.0 Å². The van der Waals surface area contributed by atoms with E-state index in [2.05, 4.69) is 5.32 Å². The molecule has 0 spiro atoms. The average Bonchev–Trinajstić information content (AvgIpc) is 2.29. The van der Waals surface area contributed by atoms with Crippen LogP contribution < -0.4 is 10.1 Å². The Morgan fingerprint density at radius 2 is 2.17 bits per heavy atom. The van der Waals surface area contributed by atoms with Crippen molar-refractivity contribution in [1.82, 2.24) is 0 Å². The van der Waals surface area contributed by atoms with Gasteiger partial charge in [0.1, 0.15) is 6.54 Å². The Labute approximate surface area is 106 Å². The molecule has 100 valence electrons. The number of nitrogens with one attached hydrogen (secondary N) is 1. The van der Waals surface area contributed by atoms with E-state index in [1.54, 1.807) is 26.8 Å². The summed E-state index contributed by atoms with van der Waals surface area (Å²) >= 11 is 0. The molecule has 18 heavy (non-hydrogen) atoms. The molecule has 1 aromatic carbocycles. The predicted octanol–water partition coefficient (Wildman–Crippen LogP) is 2.59. The van der Waals surface area contributed by atoms with Gasteiger partial charge in [-0.2, -0.15) is 0 Å². The minimum absolute atomic E-state index is 0.00556. The molecule has 0 unspecified atom stereocenters. The van der Waals surface area contributed by atoms with E-state index in [1.165, 1.54) is 12.1 Å². The van der Waals surface area contributed by atoms with E-state index >= 15 is 0 Å². The first-order valence-electron chi connectivity index (χ1n) is 5.88. The van der Waals surface area contributed by atoms with Crippen LogP contribution in [0.4, 0.5) is 10.1 Å². The van der Waals surface area contributed by atoms with Crippen LogP contribution in [-0.4, -0.2) is 25.2 Å². The number of ether oxygens (including phenoxy) is 2. The monoisotopic (exact) mass is 255 g/mol. The van der Waals surface area contributed by atoms with Gasteiger partial charge in [0.25, 0.3) is 0 Å². The summed E-state index contributed by atoms with van der Waals surface area (Å²) in [5.74, 6) is -0.633. The van der Waals surface area contributed by atoms with Crippen LogP contribution in [0.2, 0.25) is 0 Å². The van der Waals surface area contributed by atoms with E-state index in [1.807, 2.05) is 0 Å². The summed E-state index contributed by atoms with van der Waals surface area (Å²) in [7, 11) is 0. The topological polar surface area (TPSA) is 47.6 Å². The molecule has 0 bridgehead atoms. The van der Waals surface area contributed by atoms with Gasteiger partial charge in [-0.15, -0.1) is 0 Å². The maximum absolute atomic E-state index is 13.5. The summed E-state index contributed by atoms with van der Waals surface area (Å²) in [6, 6.07) is 4.46. The fraction of sp³-hybridized carbons (Fsp3) is 0.462. The third kappa shape index (κ3) is 4.61. The lowest BCUT2D eigenvalue weighted by Crippen LogP contribution is -2.20. The van der Waals surface area contributed by atoms with E-state index in [0.717, 1.165) is 0 Å². The molecule has 0 amide bonds. The van der Waals surface area contributed by atoms with Crippen molar-refractivity contribution in [2.45, 2.75) is 26.9 Å². The maximum atomic E-state index is 13.5. The highest BCUT2D eigenvalue weighted by Gasteiger charge is 2.07. The zero-order valence-electron chi connectivity index (χ0n) is 10.8. The van der Waals surface area contributed by atoms with Crippen LogP contribution >= 0.6 is 0 Å². The lowest BCUT2D eigenvalue weighted by molar-refractivity contribution is -0.145. The van der Waals surface area contributed by atoms with Crippen molar-refractivity contribution in [2.24, 2.45) is 0 Å². The third-order valence-electron chi connectivity index (χ3n) is 2.04. The molecule has 0 radical (unpaired) electrons. The quantitative estimate of drug-likeness (QED) is 0.794. The van der Waals surface area contributed by atoms with E-state index in [0.29, 0.717) is 12.3 Å². The Bertz CT molecular complexity index is 407. The molecule has 0 heterocycles. The number of rotatable bonds is 6. The van der Waals surface area contributed by atoms with Crippen molar-refractivity contribution in [1.29, 1.82) is 0 Å². The Morgan fingerprint density at radius 3 is 2.72 bits per heavy atom. The third-order valence-corrected chi connectivity index (χ3v) is 2.04. The summed E-state index contributed by atoms with van der Waals surface area (Å²) in [4.78, 5) is 11.3. The van der Waals surface area contributed by atoms with Crippen molar-refractivity contribution in [2.75, 3.05) is 18.5 Å². The molecule has 0 aliphatic rings. The Hall–Kier alpha value is -1.78. The highest BCUT2D eigenvalue weighted by Crippen LogP contribution is 2.20. The smallest absolute Gasteiger partial charge is 0.325 e. The number of halogens is 1. The summed E-state index contributed by atoms with van der Waals surface area (Å²) in [6.45, 7) is 5.74. The molecule has 4 nitrogen and oxygen atoms in total. The fourth-order valence-electron chi connectivity index (χ4n) is 1.36. The molecule has 1 aromatic rings. The molecule has 0 aromatic heterocycles. The fourth-order valence-corrected chi connectivity index (χ4v) is 1.36. The van der Waals surface area contributed by atoms with Gasteiger partial charge in [0.15, 0.2) is 11.6 Å². The Morgan fingerprint density at radius 1 is 1.44 bits per heavy atom. The van der Waals surface area contributed by atoms with Crippen molar-refractivity contribution in [3.8, 4) is 5.75 Å². The highest BCUT2D eigenvalue weighted by molar-refractivity contribution is 5.75. The van der Waals surface area contributed by atoms with Crippen molar-refractivity contribution < 1.29 is 18.7 Å². The molecule has 1 N–H and O–H groups in total. The molecular weight excluding hydrogens is 237 g/mol. The lowest BCUT2D eigenvalue weighted by Gasteiger charge is -2.10. The van der Waals surface area contributed by atoms with Gasteiger partial charge in [0.2, 0.25) is 0 Å². The second-order valence-electron chi connectivity index (χ2n) is 3.97. The summed E-state index contributed by atoms with van der Waals surface area (Å²) in [6.07, 6.45) is -0.156. The number of hydrogen-bond donors (Lipinski definition) is 1. The van der Waals surface area contributed by atoms with Gasteiger partial charge in [0.05, 0.1) is 12.7 Å². The number of carbonyl (C=O) groups is 1. The number of hydrogen-bond acceptors (Lipinski definition) is 4. The minimum Gasteiger partial charge on any atom is -0.491 e. The van der Waals surface area contributed by atoms with Crippen LogP contribution in [-0.2, 0) is 9.53 Å². The molecule has 0 saturated heterocycles. The van der Waals surface area contributed by atoms with Gasteiger partial charge in [-0.25, -0.2) is 4.39 Å². The number of benzene rings is 1. The van der Waals surface area contributed by atoms with E-state index < -0.39 is 5.82 Å². The molecule has 5 heteroatoms. The zero-order valence-corrected chi connectivity index (χ0v) is 10.8. The van der Waals surface area contributed by atoms with Crippen molar-refractivity contribution >= 4 is 11.7 Å². The van der Waals surface area contributed by atoms with Gasteiger partial charge in [-0.3, -0.25) is 4.79 Å². The minimum atomic E-state index is -0.459. The van der Waals surface area contributed by atoms with Crippen LogP contribution in [0.1, 0.15) is 20.8 Å². The SMILES string of the molecule is CCOc1ccc(NCC(=O)OC(C)C)cc1F. The molecule has 0 fully saturated rings. The van der Waals surface area contributed by atoms with E-state index in [4.69, 9.17) is 9.47 Å². The summed E-state index contributed by atoms with van der Waals surface area (Å²) in [5.41, 5.74) is 0.511. The highest BCUT2D eigenvalue weighted by atomic mass is 19.1. The molecule has 0 aliphatic carbocycles. The number of carbonyl (C=O) groups excluding carboxylic acids is 1. The van der Waals surface area contributed by atoms with Crippen LogP contribution in [0.25, 0.3) is 0 Å². The zero-order chi connectivity index (χ0) is 13.5. The second-order valence-corrected chi connectivity index (χ2v) is 3.97. The standard InChI is InChI=1S/C13H18FNO3/c1-4-17-12-6-5-10(7-11(12)14)15-8-13(16)18-9(2)3/h5-7,9,15H,4,8H2,1-3H3. The average molecular weight is 255 g/mol. The van der Waals surface area contributed by atoms with Crippen LogP contribution in [0.3, 0.4) is 0 Å². The predicted molar refractivity (Wildman–Crippen MR) is 67.3 cm³/mol. The first-order valence-corrected chi connectivity index (χ1v) is 5.88. The van der Waals surface area contributed by atoms with E-state index in [9.17, 15) is 9.18 Å². The van der Waals surface area contributed by atoms with Crippen molar-refractivity contribution in [3.63, 3.8) is 0 Å². The van der Waals surface area contributed by atoms with Gasteiger partial charge in [-0.1, -0.05) is 0 Å². The first kappa shape index (κ1) is 14.3. The van der Waals surface area contributed by atoms with Gasteiger partial charge >= 0.3 is 5.97 Å². The Kier molecular flexibility index (Phi) is 5.42. The van der Waals surface area contributed by atoms with Crippen LogP contribution in [0.15, 0.2) is 18.2 Å². The van der Waals surface area contributed by atoms with Gasteiger partial charge in [-0.05, 0) is 32.9 Å². The summed E-state index contributed by atoms with van der Waals surface area (Å²) in [5, 5.41) is 2.79. The number of anilines is 1. The van der Waals surface area contributed by atoms with Gasteiger partial charge in [0, 0.05) is 11.8 Å². The molecule has 1 rings (SSSR count). The Balaban J connectivity index is 2.53. The van der Waals surface area contributed by atoms with E-state index in [-0.39, 0.29) is 24.4 Å². The number of esters is 1. The lowest BCUT2D eigenvalue weighted by atomic mass is 10.3. The maximum Gasteiger partial charge on any atom is 0.325 e. The molecule has 0 atom stereocenters. The molecule has 0 saturated carbocycles. The van der Waals surface area contributed by atoms with Crippen LogP contribution in [0, 0.1) is 5.82 Å².